The molecular formula is C10H15N3. The Morgan fingerprint density at radius 1 is 1.54 bits per heavy atom. The van der Waals surface area contributed by atoms with E-state index in [1.54, 1.807) is 12.3 Å². The summed E-state index contributed by atoms with van der Waals surface area (Å²) in [5.41, 5.74) is 5.29. The number of rotatable bonds is 3. The largest absolute Gasteiger partial charge is 0.404 e. The fourth-order valence-electron chi connectivity index (χ4n) is 0.931. The predicted octanol–water partition coefficient (Wildman–Crippen LogP) is 1.94. The summed E-state index contributed by atoms with van der Waals surface area (Å²) in [6, 6.07) is 0. The highest BCUT2D eigenvalue weighted by molar-refractivity contribution is 5.44. The number of hydrogen-bond acceptors (Lipinski definition) is 2. The van der Waals surface area contributed by atoms with E-state index in [0.717, 1.165) is 5.82 Å². The SMILES string of the molecule is CC(C)/C=C/n1ccnc1/C=C\N. The van der Waals surface area contributed by atoms with Crippen LogP contribution in [-0.4, -0.2) is 9.55 Å². The van der Waals surface area contributed by atoms with Crippen molar-refractivity contribution in [2.24, 2.45) is 11.7 Å². The normalized spacial score (nSPS) is 12.2. The van der Waals surface area contributed by atoms with E-state index in [-0.39, 0.29) is 0 Å². The van der Waals surface area contributed by atoms with Crippen LogP contribution in [0.1, 0.15) is 19.7 Å². The summed E-state index contributed by atoms with van der Waals surface area (Å²) in [5, 5.41) is 0. The average Bonchev–Trinajstić information content (AvgIpc) is 2.49. The number of imidazole rings is 1. The van der Waals surface area contributed by atoms with E-state index in [4.69, 9.17) is 5.73 Å². The summed E-state index contributed by atoms with van der Waals surface area (Å²) in [7, 11) is 0. The van der Waals surface area contributed by atoms with Gasteiger partial charge in [-0.1, -0.05) is 19.9 Å². The Bertz CT molecular complexity index is 308. The molecule has 0 aromatic carbocycles. The van der Waals surface area contributed by atoms with Gasteiger partial charge in [-0.2, -0.15) is 0 Å². The second-order valence-electron chi connectivity index (χ2n) is 3.14. The van der Waals surface area contributed by atoms with Crippen molar-refractivity contribution >= 4 is 12.3 Å². The third kappa shape index (κ3) is 2.78. The van der Waals surface area contributed by atoms with Crippen LogP contribution in [-0.2, 0) is 0 Å². The van der Waals surface area contributed by atoms with E-state index in [0.29, 0.717) is 5.92 Å². The first-order chi connectivity index (χ1) is 6.24. The van der Waals surface area contributed by atoms with Gasteiger partial charge in [0.05, 0.1) is 0 Å². The van der Waals surface area contributed by atoms with Gasteiger partial charge >= 0.3 is 0 Å². The minimum Gasteiger partial charge on any atom is -0.404 e. The lowest BCUT2D eigenvalue weighted by molar-refractivity contribution is 0.831. The molecule has 0 spiro atoms. The van der Waals surface area contributed by atoms with Crippen molar-refractivity contribution in [2.45, 2.75) is 13.8 Å². The molecule has 0 aliphatic rings. The second kappa shape index (κ2) is 4.50. The van der Waals surface area contributed by atoms with Crippen LogP contribution in [0.4, 0.5) is 0 Å². The topological polar surface area (TPSA) is 43.8 Å². The van der Waals surface area contributed by atoms with Crippen molar-refractivity contribution in [3.63, 3.8) is 0 Å². The van der Waals surface area contributed by atoms with Gasteiger partial charge in [0.15, 0.2) is 0 Å². The summed E-state index contributed by atoms with van der Waals surface area (Å²) in [6.45, 7) is 4.26. The van der Waals surface area contributed by atoms with E-state index >= 15 is 0 Å². The second-order valence-corrected chi connectivity index (χ2v) is 3.14. The summed E-state index contributed by atoms with van der Waals surface area (Å²) in [5.74, 6) is 1.39. The van der Waals surface area contributed by atoms with Gasteiger partial charge in [-0.3, -0.25) is 0 Å². The Kier molecular flexibility index (Phi) is 3.31. The van der Waals surface area contributed by atoms with Crippen molar-refractivity contribution in [2.75, 3.05) is 0 Å². The predicted molar refractivity (Wildman–Crippen MR) is 55.6 cm³/mol. The molecule has 1 rings (SSSR count). The first kappa shape index (κ1) is 9.58. The van der Waals surface area contributed by atoms with Crippen molar-refractivity contribution in [1.29, 1.82) is 0 Å². The van der Waals surface area contributed by atoms with Crippen LogP contribution in [0.2, 0.25) is 0 Å². The van der Waals surface area contributed by atoms with E-state index in [1.807, 2.05) is 17.0 Å². The Morgan fingerprint density at radius 2 is 2.31 bits per heavy atom. The number of aromatic nitrogens is 2. The van der Waals surface area contributed by atoms with E-state index in [9.17, 15) is 0 Å². The molecule has 0 atom stereocenters. The molecule has 1 heterocycles. The minimum absolute atomic E-state index is 0.539. The molecule has 2 N–H and O–H groups in total. The molecule has 1 aromatic heterocycles. The van der Waals surface area contributed by atoms with Crippen molar-refractivity contribution < 1.29 is 0 Å². The van der Waals surface area contributed by atoms with Crippen LogP contribution in [0, 0.1) is 5.92 Å². The maximum atomic E-state index is 5.29. The zero-order valence-corrected chi connectivity index (χ0v) is 8.01. The van der Waals surface area contributed by atoms with Gasteiger partial charge < -0.3 is 10.3 Å². The lowest BCUT2D eigenvalue weighted by atomic mass is 10.2. The molecule has 0 unspecified atom stereocenters. The summed E-state index contributed by atoms with van der Waals surface area (Å²) < 4.78 is 1.93. The fourth-order valence-corrected chi connectivity index (χ4v) is 0.931. The molecular weight excluding hydrogens is 162 g/mol. The van der Waals surface area contributed by atoms with Crippen LogP contribution in [0.15, 0.2) is 24.7 Å². The van der Waals surface area contributed by atoms with Crippen molar-refractivity contribution in [3.8, 4) is 0 Å². The van der Waals surface area contributed by atoms with Gasteiger partial charge in [0.2, 0.25) is 0 Å². The Morgan fingerprint density at radius 3 is 2.92 bits per heavy atom. The van der Waals surface area contributed by atoms with E-state index < -0.39 is 0 Å². The van der Waals surface area contributed by atoms with Gasteiger partial charge in [-0.25, -0.2) is 4.98 Å². The lowest BCUT2D eigenvalue weighted by Gasteiger charge is -1.98. The van der Waals surface area contributed by atoms with E-state index in [1.165, 1.54) is 6.20 Å². The first-order valence-corrected chi connectivity index (χ1v) is 4.33. The van der Waals surface area contributed by atoms with Crippen LogP contribution in [0.25, 0.3) is 12.3 Å². The first-order valence-electron chi connectivity index (χ1n) is 4.33. The molecule has 0 aliphatic carbocycles. The van der Waals surface area contributed by atoms with Gasteiger partial charge in [0.1, 0.15) is 5.82 Å². The summed E-state index contributed by atoms with van der Waals surface area (Å²) >= 11 is 0. The maximum Gasteiger partial charge on any atom is 0.138 e. The third-order valence-corrected chi connectivity index (χ3v) is 1.58. The molecule has 70 valence electrons. The van der Waals surface area contributed by atoms with Gasteiger partial charge in [-0.05, 0) is 18.2 Å². The van der Waals surface area contributed by atoms with Gasteiger partial charge in [0.25, 0.3) is 0 Å². The molecule has 0 radical (unpaired) electrons. The quantitative estimate of drug-likeness (QED) is 0.766. The zero-order chi connectivity index (χ0) is 9.68. The van der Waals surface area contributed by atoms with Gasteiger partial charge in [-0.15, -0.1) is 0 Å². The van der Waals surface area contributed by atoms with E-state index in [2.05, 4.69) is 24.9 Å². The van der Waals surface area contributed by atoms with Crippen LogP contribution in [0.3, 0.4) is 0 Å². The Labute approximate surface area is 78.6 Å². The van der Waals surface area contributed by atoms with Crippen LogP contribution in [0.5, 0.6) is 0 Å². The molecule has 0 fully saturated rings. The number of nitrogens with zero attached hydrogens (tertiary/aromatic N) is 2. The third-order valence-electron chi connectivity index (χ3n) is 1.58. The minimum atomic E-state index is 0.539. The Hall–Kier alpha value is -1.51. The molecule has 3 heteroatoms. The van der Waals surface area contributed by atoms with Crippen molar-refractivity contribution in [1.82, 2.24) is 9.55 Å². The van der Waals surface area contributed by atoms with Gasteiger partial charge in [0, 0.05) is 18.6 Å². The lowest BCUT2D eigenvalue weighted by Crippen LogP contribution is -1.91. The fraction of sp³-hybridized carbons (Fsp3) is 0.300. The molecule has 3 nitrogen and oxygen atoms in total. The molecule has 0 aliphatic heterocycles. The number of hydrogen-bond donors (Lipinski definition) is 1. The maximum absolute atomic E-state index is 5.29. The molecule has 0 saturated heterocycles. The van der Waals surface area contributed by atoms with Crippen LogP contribution >= 0.6 is 0 Å². The summed E-state index contributed by atoms with van der Waals surface area (Å²) in [4.78, 5) is 4.13. The molecule has 1 aromatic rings. The molecule has 0 saturated carbocycles. The smallest absolute Gasteiger partial charge is 0.138 e. The number of nitrogens with two attached hydrogens (primary N) is 1. The standard InChI is InChI=1S/C10H15N3/c1-9(2)4-7-13-8-6-12-10(13)3-5-11/h3-9H,11H2,1-2H3/b5-3-,7-4+. The average molecular weight is 177 g/mol. The highest BCUT2D eigenvalue weighted by Gasteiger charge is 1.93. The zero-order valence-electron chi connectivity index (χ0n) is 8.01. The van der Waals surface area contributed by atoms with Crippen molar-refractivity contribution in [3.05, 3.63) is 30.5 Å². The molecule has 0 bridgehead atoms. The van der Waals surface area contributed by atoms with Crippen LogP contribution < -0.4 is 5.73 Å². The monoisotopic (exact) mass is 177 g/mol. The molecule has 0 amide bonds. The number of allylic oxidation sites excluding steroid dienone is 1. The highest BCUT2D eigenvalue weighted by atomic mass is 15.0. The highest BCUT2D eigenvalue weighted by Crippen LogP contribution is 2.02. The molecule has 13 heavy (non-hydrogen) atoms. The summed E-state index contributed by atoms with van der Waals surface area (Å²) in [6.07, 6.45) is 11.0. The Balaban J connectivity index is 2.82.